The number of hydrogen-bond donors (Lipinski definition) is 1. The third-order valence-corrected chi connectivity index (χ3v) is 4.95. The number of Topliss-reactive ketones (excluding diaryl/α,β-unsaturated/α-hetero) is 1. The van der Waals surface area contributed by atoms with Crippen LogP contribution in [0.1, 0.15) is 51.0 Å². The molecule has 0 aliphatic carbocycles. The van der Waals surface area contributed by atoms with Gasteiger partial charge in [-0.15, -0.1) is 0 Å². The largest absolute Gasteiger partial charge is 0.451 e. The number of aromatic amines is 1. The molecule has 0 unspecified atom stereocenters. The molecule has 0 spiro atoms. The molecule has 0 bridgehead atoms. The van der Waals surface area contributed by atoms with Gasteiger partial charge in [0.05, 0.1) is 12.5 Å². The third kappa shape index (κ3) is 5.04. The number of halogens is 1. The van der Waals surface area contributed by atoms with Crippen molar-refractivity contribution < 1.29 is 19.1 Å². The van der Waals surface area contributed by atoms with E-state index in [-0.39, 0.29) is 24.4 Å². The summed E-state index contributed by atoms with van der Waals surface area (Å²) < 4.78 is 5.17. The minimum atomic E-state index is -0.723. The average Bonchev–Trinajstić information content (AvgIpc) is 2.97. The number of rotatable bonds is 7. The van der Waals surface area contributed by atoms with Crippen LogP contribution < -0.4 is 4.90 Å². The number of carbonyl (C=O) groups is 3. The van der Waals surface area contributed by atoms with Crippen molar-refractivity contribution in [2.75, 3.05) is 18.1 Å². The van der Waals surface area contributed by atoms with Crippen molar-refractivity contribution in [2.24, 2.45) is 0 Å². The molecule has 0 saturated carbocycles. The number of nitrogens with zero attached hydrogens (tertiary/aromatic N) is 2. The number of aryl methyl sites for hydroxylation is 2. The fourth-order valence-electron chi connectivity index (χ4n) is 3.12. The van der Waals surface area contributed by atoms with E-state index in [0.29, 0.717) is 27.5 Å². The van der Waals surface area contributed by atoms with Crippen molar-refractivity contribution in [1.29, 1.82) is 5.26 Å². The van der Waals surface area contributed by atoms with Crippen LogP contribution in [-0.2, 0) is 9.53 Å². The smallest absolute Gasteiger partial charge is 0.355 e. The third-order valence-electron chi connectivity index (χ3n) is 4.52. The fraction of sp³-hybridized carbons (Fsp3) is 0.333. The molecule has 0 radical (unpaired) electrons. The zero-order chi connectivity index (χ0) is 21.7. The number of ether oxygens (including phenoxy) is 1. The van der Waals surface area contributed by atoms with Crippen molar-refractivity contribution in [3.05, 3.63) is 51.3 Å². The Kier molecular flexibility index (Phi) is 7.18. The van der Waals surface area contributed by atoms with Crippen molar-refractivity contribution in [1.82, 2.24) is 4.98 Å². The standard InChI is InChI=1S/C21H22ClN3O4/c1-12-10-16(6-7-17(12)22)25(9-5-8-23)18(27)11-29-21(28)20-13(2)19(15(4)26)14(3)24-20/h6-7,10,24H,5,9,11H2,1-4H3. The molecule has 7 nitrogen and oxygen atoms in total. The molecule has 1 heterocycles. The Morgan fingerprint density at radius 2 is 1.93 bits per heavy atom. The number of H-pyrrole nitrogens is 1. The number of nitriles is 1. The lowest BCUT2D eigenvalue weighted by Gasteiger charge is -2.22. The van der Waals surface area contributed by atoms with Crippen LogP contribution in [0.25, 0.3) is 0 Å². The van der Waals surface area contributed by atoms with Gasteiger partial charge in [-0.3, -0.25) is 9.59 Å². The maximum absolute atomic E-state index is 12.7. The number of benzene rings is 1. The molecule has 8 heteroatoms. The SMILES string of the molecule is CC(=O)c1c(C)[nH]c(C(=O)OCC(=O)N(CCC#N)c2ccc(Cl)c(C)c2)c1C. The van der Waals surface area contributed by atoms with Gasteiger partial charge >= 0.3 is 5.97 Å². The topological polar surface area (TPSA) is 103 Å². The van der Waals surface area contributed by atoms with Crippen LogP contribution in [-0.4, -0.2) is 35.8 Å². The number of anilines is 1. The van der Waals surface area contributed by atoms with Crippen LogP contribution in [0, 0.1) is 32.1 Å². The maximum Gasteiger partial charge on any atom is 0.355 e. The summed E-state index contributed by atoms with van der Waals surface area (Å²) >= 11 is 6.04. The maximum atomic E-state index is 12.7. The predicted molar refractivity (Wildman–Crippen MR) is 109 cm³/mol. The Labute approximate surface area is 174 Å². The minimum Gasteiger partial charge on any atom is -0.451 e. The van der Waals surface area contributed by atoms with Crippen molar-refractivity contribution >= 4 is 34.9 Å². The number of esters is 1. The number of amides is 1. The van der Waals surface area contributed by atoms with Gasteiger partial charge in [-0.2, -0.15) is 5.26 Å². The van der Waals surface area contributed by atoms with E-state index in [4.69, 9.17) is 21.6 Å². The molecular formula is C21H22ClN3O4. The second-order valence-electron chi connectivity index (χ2n) is 6.64. The predicted octanol–water partition coefficient (Wildman–Crippen LogP) is 3.90. The van der Waals surface area contributed by atoms with E-state index < -0.39 is 18.5 Å². The Morgan fingerprint density at radius 3 is 2.48 bits per heavy atom. The molecule has 0 fully saturated rings. The summed E-state index contributed by atoms with van der Waals surface area (Å²) in [5.41, 5.74) is 2.99. The van der Waals surface area contributed by atoms with Crippen LogP contribution in [0.3, 0.4) is 0 Å². The lowest BCUT2D eigenvalue weighted by Crippen LogP contribution is -2.35. The van der Waals surface area contributed by atoms with Crippen molar-refractivity contribution in [3.8, 4) is 6.07 Å². The molecule has 0 atom stereocenters. The van der Waals surface area contributed by atoms with Gasteiger partial charge in [-0.25, -0.2) is 4.79 Å². The van der Waals surface area contributed by atoms with E-state index >= 15 is 0 Å². The molecule has 1 aromatic heterocycles. The quantitative estimate of drug-likeness (QED) is 0.545. The van der Waals surface area contributed by atoms with Gasteiger partial charge in [0.2, 0.25) is 0 Å². The van der Waals surface area contributed by atoms with E-state index in [1.165, 1.54) is 11.8 Å². The zero-order valence-corrected chi connectivity index (χ0v) is 17.5. The first-order valence-electron chi connectivity index (χ1n) is 8.98. The van der Waals surface area contributed by atoms with Crippen LogP contribution in [0.2, 0.25) is 5.02 Å². The first-order valence-corrected chi connectivity index (χ1v) is 9.35. The summed E-state index contributed by atoms with van der Waals surface area (Å²) in [7, 11) is 0. The normalized spacial score (nSPS) is 10.3. The summed E-state index contributed by atoms with van der Waals surface area (Å²) in [5, 5.41) is 9.45. The lowest BCUT2D eigenvalue weighted by molar-refractivity contribution is -0.121. The first-order chi connectivity index (χ1) is 13.7. The molecule has 0 saturated heterocycles. The molecule has 152 valence electrons. The lowest BCUT2D eigenvalue weighted by atomic mass is 10.1. The molecule has 1 aromatic carbocycles. The molecule has 0 aliphatic heterocycles. The van der Waals surface area contributed by atoms with Crippen LogP contribution in [0.4, 0.5) is 5.69 Å². The molecule has 29 heavy (non-hydrogen) atoms. The molecule has 1 N–H and O–H groups in total. The highest BCUT2D eigenvalue weighted by Gasteiger charge is 2.23. The Bertz CT molecular complexity index is 1000. The molecule has 0 aliphatic rings. The summed E-state index contributed by atoms with van der Waals surface area (Å²) in [5.74, 6) is -1.35. The number of hydrogen-bond acceptors (Lipinski definition) is 5. The molecule has 2 rings (SSSR count). The highest BCUT2D eigenvalue weighted by atomic mass is 35.5. The number of aromatic nitrogens is 1. The highest BCUT2D eigenvalue weighted by Crippen LogP contribution is 2.23. The molecule has 2 aromatic rings. The first kappa shape index (κ1) is 22.2. The Balaban J connectivity index is 2.16. The van der Waals surface area contributed by atoms with Gasteiger partial charge in [-0.1, -0.05) is 11.6 Å². The molecular weight excluding hydrogens is 394 g/mol. The van der Waals surface area contributed by atoms with Crippen LogP contribution in [0.5, 0.6) is 0 Å². The summed E-state index contributed by atoms with van der Waals surface area (Å²) in [6.07, 6.45) is 0.123. The van der Waals surface area contributed by atoms with E-state index in [2.05, 4.69) is 4.98 Å². The monoisotopic (exact) mass is 415 g/mol. The van der Waals surface area contributed by atoms with Crippen LogP contribution in [0.15, 0.2) is 18.2 Å². The number of nitrogens with one attached hydrogen (secondary N) is 1. The van der Waals surface area contributed by atoms with Gasteiger partial charge in [0, 0.05) is 28.5 Å². The zero-order valence-electron chi connectivity index (χ0n) is 16.8. The van der Waals surface area contributed by atoms with Gasteiger partial charge in [0.1, 0.15) is 5.69 Å². The summed E-state index contributed by atoms with van der Waals surface area (Å²) in [4.78, 5) is 41.1. The Morgan fingerprint density at radius 1 is 1.24 bits per heavy atom. The summed E-state index contributed by atoms with van der Waals surface area (Å²) in [6, 6.07) is 7.07. The number of carbonyl (C=O) groups excluding carboxylic acids is 3. The van der Waals surface area contributed by atoms with Crippen molar-refractivity contribution in [2.45, 2.75) is 34.1 Å². The van der Waals surface area contributed by atoms with E-state index in [9.17, 15) is 14.4 Å². The van der Waals surface area contributed by atoms with Gasteiger partial charge in [0.15, 0.2) is 12.4 Å². The van der Waals surface area contributed by atoms with E-state index in [1.807, 2.05) is 13.0 Å². The van der Waals surface area contributed by atoms with Gasteiger partial charge in [-0.05, 0) is 57.0 Å². The van der Waals surface area contributed by atoms with Gasteiger partial charge in [0.25, 0.3) is 5.91 Å². The fourth-order valence-corrected chi connectivity index (χ4v) is 3.23. The highest BCUT2D eigenvalue weighted by molar-refractivity contribution is 6.31. The Hall–Kier alpha value is -3.11. The minimum absolute atomic E-state index is 0.123. The second-order valence-corrected chi connectivity index (χ2v) is 7.05. The second kappa shape index (κ2) is 9.39. The average molecular weight is 416 g/mol. The molecule has 1 amide bonds. The van der Waals surface area contributed by atoms with Crippen molar-refractivity contribution in [3.63, 3.8) is 0 Å². The van der Waals surface area contributed by atoms with E-state index in [0.717, 1.165) is 5.56 Å². The van der Waals surface area contributed by atoms with Gasteiger partial charge < -0.3 is 14.6 Å². The number of ketones is 1. The van der Waals surface area contributed by atoms with Crippen LogP contribution >= 0.6 is 11.6 Å². The van der Waals surface area contributed by atoms with E-state index in [1.54, 1.807) is 32.0 Å². The summed E-state index contributed by atoms with van der Waals surface area (Å²) in [6.45, 7) is 6.22.